The topological polar surface area (TPSA) is 55.4 Å². The number of rotatable bonds is 4. The van der Waals surface area contributed by atoms with E-state index in [9.17, 15) is 9.59 Å². The Balaban J connectivity index is 2.13. The Labute approximate surface area is 133 Å². The predicted octanol–water partition coefficient (Wildman–Crippen LogP) is 3.22. The Bertz CT molecular complexity index is 483. The lowest BCUT2D eigenvalue weighted by Crippen LogP contribution is -2.56. The Morgan fingerprint density at radius 3 is 2.23 bits per heavy atom. The van der Waals surface area contributed by atoms with Gasteiger partial charge in [0.2, 0.25) is 5.91 Å². The van der Waals surface area contributed by atoms with E-state index in [4.69, 9.17) is 4.74 Å². The molecule has 0 spiro atoms. The third-order valence-electron chi connectivity index (χ3n) is 5.35. The number of allylic oxidation sites excluding steroid dienone is 2. The van der Waals surface area contributed by atoms with Crippen molar-refractivity contribution in [3.8, 4) is 0 Å². The summed E-state index contributed by atoms with van der Waals surface area (Å²) in [6, 6.07) is 0. The van der Waals surface area contributed by atoms with Crippen LogP contribution in [0.15, 0.2) is 11.6 Å². The quantitative estimate of drug-likeness (QED) is 0.641. The van der Waals surface area contributed by atoms with E-state index in [2.05, 4.69) is 39.1 Å². The molecule has 2 saturated carbocycles. The minimum Gasteiger partial charge on any atom is -0.467 e. The molecule has 0 bridgehead atoms. The van der Waals surface area contributed by atoms with E-state index in [-0.39, 0.29) is 29.1 Å². The Kier molecular flexibility index (Phi) is 4.69. The van der Waals surface area contributed by atoms with Crippen LogP contribution < -0.4 is 5.32 Å². The maximum absolute atomic E-state index is 12.8. The molecule has 0 radical (unpaired) electrons. The molecule has 2 aliphatic carbocycles. The summed E-state index contributed by atoms with van der Waals surface area (Å²) in [7, 11) is 1.40. The highest BCUT2D eigenvalue weighted by Crippen LogP contribution is 2.59. The lowest BCUT2D eigenvalue weighted by atomic mass is 9.81. The molecular weight excluding hydrogens is 278 g/mol. The van der Waals surface area contributed by atoms with Gasteiger partial charge in [-0.15, -0.1) is 0 Å². The maximum atomic E-state index is 12.8. The average Bonchev–Trinajstić information content (AvgIpc) is 2.99. The number of hydrogen-bond donors (Lipinski definition) is 1. The SMILES string of the molecule is COC(=O)C1(NC(=O)[C@@H]2[C@H](C=C(C)C)C2(C)C)CCCCC1. The zero-order valence-electron chi connectivity index (χ0n) is 14.5. The first-order valence-electron chi connectivity index (χ1n) is 8.30. The van der Waals surface area contributed by atoms with E-state index in [1.54, 1.807) is 0 Å². The van der Waals surface area contributed by atoms with E-state index >= 15 is 0 Å². The number of hydrogen-bond acceptors (Lipinski definition) is 3. The Hall–Kier alpha value is -1.32. The summed E-state index contributed by atoms with van der Waals surface area (Å²) in [5.41, 5.74) is 0.389. The van der Waals surface area contributed by atoms with Gasteiger partial charge in [-0.2, -0.15) is 0 Å². The van der Waals surface area contributed by atoms with Gasteiger partial charge < -0.3 is 10.1 Å². The van der Waals surface area contributed by atoms with Crippen molar-refractivity contribution in [1.82, 2.24) is 5.32 Å². The minimum absolute atomic E-state index is 0.000185. The molecule has 0 aromatic carbocycles. The summed E-state index contributed by atoms with van der Waals surface area (Å²) in [6.45, 7) is 8.35. The van der Waals surface area contributed by atoms with Crippen molar-refractivity contribution in [3.63, 3.8) is 0 Å². The fourth-order valence-corrected chi connectivity index (χ4v) is 3.89. The first kappa shape index (κ1) is 17.0. The molecule has 0 aliphatic heterocycles. The third kappa shape index (κ3) is 3.06. The van der Waals surface area contributed by atoms with Crippen LogP contribution in [0.4, 0.5) is 0 Å². The van der Waals surface area contributed by atoms with Crippen molar-refractivity contribution >= 4 is 11.9 Å². The molecule has 1 N–H and O–H groups in total. The van der Waals surface area contributed by atoms with Crippen LogP contribution in [0, 0.1) is 17.3 Å². The van der Waals surface area contributed by atoms with E-state index in [1.807, 2.05) is 0 Å². The van der Waals surface area contributed by atoms with Crippen LogP contribution in [-0.2, 0) is 14.3 Å². The molecule has 2 rings (SSSR count). The fourth-order valence-electron chi connectivity index (χ4n) is 3.89. The molecular formula is C18H29NO3. The van der Waals surface area contributed by atoms with Crippen molar-refractivity contribution in [1.29, 1.82) is 0 Å². The monoisotopic (exact) mass is 307 g/mol. The molecule has 0 heterocycles. The summed E-state index contributed by atoms with van der Waals surface area (Å²) in [6.07, 6.45) is 6.58. The largest absolute Gasteiger partial charge is 0.467 e. The van der Waals surface area contributed by atoms with Gasteiger partial charge in [0.15, 0.2) is 0 Å². The highest BCUT2D eigenvalue weighted by atomic mass is 16.5. The number of nitrogens with one attached hydrogen (secondary N) is 1. The number of ether oxygens (including phenoxy) is 1. The summed E-state index contributed by atoms with van der Waals surface area (Å²) in [5, 5.41) is 3.06. The lowest BCUT2D eigenvalue weighted by Gasteiger charge is -2.35. The van der Waals surface area contributed by atoms with Crippen LogP contribution in [0.2, 0.25) is 0 Å². The van der Waals surface area contributed by atoms with Crippen LogP contribution >= 0.6 is 0 Å². The van der Waals surface area contributed by atoms with Gasteiger partial charge in [0, 0.05) is 0 Å². The number of carbonyl (C=O) groups is 2. The lowest BCUT2D eigenvalue weighted by molar-refractivity contribution is -0.153. The molecule has 0 unspecified atom stereocenters. The van der Waals surface area contributed by atoms with Gasteiger partial charge in [0.05, 0.1) is 13.0 Å². The van der Waals surface area contributed by atoms with Gasteiger partial charge in [0.25, 0.3) is 0 Å². The molecule has 2 atom stereocenters. The zero-order chi connectivity index (χ0) is 16.5. The van der Waals surface area contributed by atoms with Gasteiger partial charge in [-0.3, -0.25) is 4.79 Å². The van der Waals surface area contributed by atoms with E-state index in [1.165, 1.54) is 12.7 Å². The highest BCUT2D eigenvalue weighted by Gasteiger charge is 2.61. The molecule has 4 heteroatoms. The van der Waals surface area contributed by atoms with Crippen molar-refractivity contribution in [2.45, 2.75) is 65.3 Å². The number of methoxy groups -OCH3 is 1. The smallest absolute Gasteiger partial charge is 0.331 e. The normalized spacial score (nSPS) is 28.4. The molecule has 22 heavy (non-hydrogen) atoms. The summed E-state index contributed by atoms with van der Waals surface area (Å²) in [5.74, 6) is -0.0841. The minimum atomic E-state index is -0.807. The van der Waals surface area contributed by atoms with Crippen molar-refractivity contribution in [3.05, 3.63) is 11.6 Å². The second-order valence-corrected chi connectivity index (χ2v) is 7.69. The van der Waals surface area contributed by atoms with E-state index < -0.39 is 5.54 Å². The van der Waals surface area contributed by atoms with Gasteiger partial charge in [-0.25, -0.2) is 4.79 Å². The van der Waals surface area contributed by atoms with Crippen LogP contribution in [0.25, 0.3) is 0 Å². The standard InChI is InChI=1S/C18H29NO3/c1-12(2)11-13-14(17(13,3)4)15(20)19-18(16(21)22-5)9-7-6-8-10-18/h11,13-14H,6-10H2,1-5H3,(H,19,20)/t13-,14-/m0/s1. The van der Waals surface area contributed by atoms with Crippen molar-refractivity contribution in [2.75, 3.05) is 7.11 Å². The predicted molar refractivity (Wildman–Crippen MR) is 86.2 cm³/mol. The van der Waals surface area contributed by atoms with Crippen molar-refractivity contribution < 1.29 is 14.3 Å². The number of amides is 1. The first-order valence-corrected chi connectivity index (χ1v) is 8.30. The van der Waals surface area contributed by atoms with Gasteiger partial charge in [0.1, 0.15) is 5.54 Å². The van der Waals surface area contributed by atoms with Gasteiger partial charge >= 0.3 is 5.97 Å². The molecule has 124 valence electrons. The van der Waals surface area contributed by atoms with E-state index in [0.717, 1.165) is 19.3 Å². The zero-order valence-corrected chi connectivity index (χ0v) is 14.5. The van der Waals surface area contributed by atoms with Gasteiger partial charge in [-0.1, -0.05) is 44.8 Å². The number of carbonyl (C=O) groups excluding carboxylic acids is 2. The molecule has 0 aromatic rings. The second-order valence-electron chi connectivity index (χ2n) is 7.69. The Morgan fingerprint density at radius 1 is 1.14 bits per heavy atom. The Morgan fingerprint density at radius 2 is 1.73 bits per heavy atom. The van der Waals surface area contributed by atoms with Crippen LogP contribution in [-0.4, -0.2) is 24.5 Å². The van der Waals surface area contributed by atoms with E-state index in [0.29, 0.717) is 12.8 Å². The molecule has 4 nitrogen and oxygen atoms in total. The third-order valence-corrected chi connectivity index (χ3v) is 5.35. The van der Waals surface area contributed by atoms with Crippen LogP contribution in [0.1, 0.15) is 59.8 Å². The molecule has 0 aromatic heterocycles. The highest BCUT2D eigenvalue weighted by molar-refractivity contribution is 5.91. The second kappa shape index (κ2) is 6.05. The number of esters is 1. The van der Waals surface area contributed by atoms with Gasteiger partial charge in [-0.05, 0) is 38.0 Å². The van der Waals surface area contributed by atoms with Crippen LogP contribution in [0.3, 0.4) is 0 Å². The summed E-state index contributed by atoms with van der Waals surface area (Å²) >= 11 is 0. The summed E-state index contributed by atoms with van der Waals surface area (Å²) in [4.78, 5) is 25.0. The first-order chi connectivity index (χ1) is 10.2. The molecule has 2 fully saturated rings. The summed E-state index contributed by atoms with van der Waals surface area (Å²) < 4.78 is 4.97. The molecule has 1 amide bonds. The maximum Gasteiger partial charge on any atom is 0.331 e. The fraction of sp³-hybridized carbons (Fsp3) is 0.778. The molecule has 2 aliphatic rings. The van der Waals surface area contributed by atoms with Crippen molar-refractivity contribution in [2.24, 2.45) is 17.3 Å². The average molecular weight is 307 g/mol. The van der Waals surface area contributed by atoms with Crippen LogP contribution in [0.5, 0.6) is 0 Å². The molecule has 0 saturated heterocycles.